The Bertz CT molecular complexity index is 206. The monoisotopic (exact) mass is 218 g/mol. The van der Waals surface area contributed by atoms with Crippen molar-refractivity contribution in [2.24, 2.45) is 0 Å². The van der Waals surface area contributed by atoms with Crippen molar-refractivity contribution in [2.45, 2.75) is 44.4 Å². The summed E-state index contributed by atoms with van der Waals surface area (Å²) in [5.41, 5.74) is 0. The van der Waals surface area contributed by atoms with Gasteiger partial charge in [-0.2, -0.15) is 0 Å². The molecule has 0 aromatic rings. The average Bonchev–Trinajstić information content (AvgIpc) is 2.52. The molecule has 3 N–H and O–H groups in total. The number of rotatable bonds is 5. The standard InChI is InChI=1S/C10H18O5/c1-2-3-4-5-14-10-9(13)8(12)7(6-11)15-10/h4-5,7-13H,2-3,6H2,1H3/t7-,8-,9-,10?/m1/s1. The lowest BCUT2D eigenvalue weighted by Gasteiger charge is -2.13. The van der Waals surface area contributed by atoms with Gasteiger partial charge in [0.15, 0.2) is 0 Å². The molecule has 1 unspecified atom stereocenters. The van der Waals surface area contributed by atoms with Crippen LogP contribution in [0.5, 0.6) is 0 Å². The molecule has 1 heterocycles. The van der Waals surface area contributed by atoms with Crippen LogP contribution in [0.15, 0.2) is 12.3 Å². The number of unbranched alkanes of at least 4 members (excludes halogenated alkanes) is 1. The maximum Gasteiger partial charge on any atom is 0.228 e. The molecule has 5 heteroatoms. The molecule has 0 aromatic carbocycles. The minimum absolute atomic E-state index is 0.337. The van der Waals surface area contributed by atoms with E-state index in [1.165, 1.54) is 6.26 Å². The van der Waals surface area contributed by atoms with Gasteiger partial charge in [-0.15, -0.1) is 0 Å². The van der Waals surface area contributed by atoms with E-state index in [0.29, 0.717) is 0 Å². The zero-order valence-electron chi connectivity index (χ0n) is 8.74. The Morgan fingerprint density at radius 1 is 1.33 bits per heavy atom. The van der Waals surface area contributed by atoms with E-state index in [2.05, 4.69) is 0 Å². The Morgan fingerprint density at radius 2 is 2.07 bits per heavy atom. The molecule has 1 aliphatic heterocycles. The molecule has 1 aliphatic rings. The van der Waals surface area contributed by atoms with Crippen molar-refractivity contribution in [3.05, 3.63) is 12.3 Å². The fourth-order valence-electron chi connectivity index (χ4n) is 1.35. The van der Waals surface area contributed by atoms with Gasteiger partial charge < -0.3 is 24.8 Å². The van der Waals surface area contributed by atoms with Gasteiger partial charge in [-0.05, 0) is 12.5 Å². The third-order valence-electron chi connectivity index (χ3n) is 2.26. The molecular formula is C10H18O5. The van der Waals surface area contributed by atoms with Crippen molar-refractivity contribution in [3.63, 3.8) is 0 Å². The third kappa shape index (κ3) is 3.17. The average molecular weight is 218 g/mol. The van der Waals surface area contributed by atoms with Crippen LogP contribution in [0, 0.1) is 0 Å². The Kier molecular flexibility index (Phi) is 5.04. The van der Waals surface area contributed by atoms with E-state index in [9.17, 15) is 10.2 Å². The van der Waals surface area contributed by atoms with E-state index in [1.54, 1.807) is 0 Å². The van der Waals surface area contributed by atoms with E-state index in [-0.39, 0.29) is 6.61 Å². The molecule has 0 spiro atoms. The maximum absolute atomic E-state index is 9.47. The third-order valence-corrected chi connectivity index (χ3v) is 2.26. The SMILES string of the molecule is CCCC=COC1O[C@H](CO)[C@@H](O)[C@H]1O. The maximum atomic E-state index is 9.47. The number of allylic oxidation sites excluding steroid dienone is 1. The number of aliphatic hydroxyl groups is 3. The Morgan fingerprint density at radius 3 is 2.60 bits per heavy atom. The molecule has 1 saturated heterocycles. The second-order valence-electron chi connectivity index (χ2n) is 3.50. The zero-order chi connectivity index (χ0) is 11.3. The van der Waals surface area contributed by atoms with E-state index in [4.69, 9.17) is 14.6 Å². The van der Waals surface area contributed by atoms with Crippen LogP contribution >= 0.6 is 0 Å². The summed E-state index contributed by atoms with van der Waals surface area (Å²) in [7, 11) is 0. The van der Waals surface area contributed by atoms with Gasteiger partial charge in [-0.25, -0.2) is 0 Å². The number of hydrogen-bond donors (Lipinski definition) is 3. The van der Waals surface area contributed by atoms with Gasteiger partial charge in [-0.1, -0.05) is 13.3 Å². The molecule has 4 atom stereocenters. The van der Waals surface area contributed by atoms with E-state index in [0.717, 1.165) is 12.8 Å². The lowest BCUT2D eigenvalue weighted by atomic mass is 10.1. The van der Waals surface area contributed by atoms with Gasteiger partial charge in [0.25, 0.3) is 0 Å². The van der Waals surface area contributed by atoms with Crippen LogP contribution in [0.1, 0.15) is 19.8 Å². The fraction of sp³-hybridized carbons (Fsp3) is 0.800. The summed E-state index contributed by atoms with van der Waals surface area (Å²) in [6, 6.07) is 0. The summed E-state index contributed by atoms with van der Waals surface area (Å²) in [6.45, 7) is 1.70. The van der Waals surface area contributed by atoms with Gasteiger partial charge in [0.05, 0.1) is 12.9 Å². The van der Waals surface area contributed by atoms with Crippen LogP contribution in [-0.2, 0) is 9.47 Å². The second-order valence-corrected chi connectivity index (χ2v) is 3.50. The van der Waals surface area contributed by atoms with Crippen LogP contribution in [0.2, 0.25) is 0 Å². The molecule has 0 aromatic heterocycles. The van der Waals surface area contributed by atoms with Crippen molar-refractivity contribution < 1.29 is 24.8 Å². The summed E-state index contributed by atoms with van der Waals surface area (Å²) in [5.74, 6) is 0. The fourth-order valence-corrected chi connectivity index (χ4v) is 1.35. The summed E-state index contributed by atoms with van der Waals surface area (Å²) in [6.07, 6.45) is 1.27. The molecule has 15 heavy (non-hydrogen) atoms. The highest BCUT2D eigenvalue weighted by atomic mass is 16.7. The van der Waals surface area contributed by atoms with Gasteiger partial charge in [0.2, 0.25) is 6.29 Å². The molecule has 0 radical (unpaired) electrons. The molecule has 0 aliphatic carbocycles. The molecule has 0 bridgehead atoms. The molecule has 5 nitrogen and oxygen atoms in total. The summed E-state index contributed by atoms with van der Waals surface area (Å²) < 4.78 is 10.2. The lowest BCUT2D eigenvalue weighted by molar-refractivity contribution is -0.138. The molecule has 88 valence electrons. The molecular weight excluding hydrogens is 200 g/mol. The summed E-state index contributed by atoms with van der Waals surface area (Å²) in [5, 5.41) is 27.7. The van der Waals surface area contributed by atoms with E-state index in [1.807, 2.05) is 13.0 Å². The second kappa shape index (κ2) is 6.07. The Hall–Kier alpha value is -0.620. The first-order chi connectivity index (χ1) is 7.20. The van der Waals surface area contributed by atoms with Crippen molar-refractivity contribution in [2.75, 3.05) is 6.61 Å². The zero-order valence-corrected chi connectivity index (χ0v) is 8.74. The molecule has 1 fully saturated rings. The quantitative estimate of drug-likeness (QED) is 0.555. The van der Waals surface area contributed by atoms with E-state index >= 15 is 0 Å². The molecule has 1 rings (SSSR count). The normalized spacial score (nSPS) is 36.3. The highest BCUT2D eigenvalue weighted by Gasteiger charge is 2.43. The van der Waals surface area contributed by atoms with Crippen molar-refractivity contribution in [1.29, 1.82) is 0 Å². The van der Waals surface area contributed by atoms with Gasteiger partial charge in [0, 0.05) is 0 Å². The minimum atomic E-state index is -1.12. The van der Waals surface area contributed by atoms with Crippen molar-refractivity contribution >= 4 is 0 Å². The lowest BCUT2D eigenvalue weighted by Crippen LogP contribution is -2.34. The molecule has 0 amide bonds. The van der Waals surface area contributed by atoms with Crippen LogP contribution in [0.4, 0.5) is 0 Å². The predicted molar refractivity (Wildman–Crippen MR) is 52.9 cm³/mol. The largest absolute Gasteiger partial charge is 0.470 e. The topological polar surface area (TPSA) is 79.2 Å². The van der Waals surface area contributed by atoms with E-state index < -0.39 is 24.6 Å². The van der Waals surface area contributed by atoms with Gasteiger partial charge >= 0.3 is 0 Å². The van der Waals surface area contributed by atoms with Crippen LogP contribution < -0.4 is 0 Å². The number of aliphatic hydroxyl groups excluding tert-OH is 3. The summed E-state index contributed by atoms with van der Waals surface area (Å²) in [4.78, 5) is 0. The summed E-state index contributed by atoms with van der Waals surface area (Å²) >= 11 is 0. The van der Waals surface area contributed by atoms with Crippen LogP contribution in [-0.4, -0.2) is 46.5 Å². The highest BCUT2D eigenvalue weighted by molar-refractivity contribution is 4.87. The van der Waals surface area contributed by atoms with Crippen molar-refractivity contribution in [3.8, 4) is 0 Å². The molecule has 0 saturated carbocycles. The first-order valence-corrected chi connectivity index (χ1v) is 5.13. The first-order valence-electron chi connectivity index (χ1n) is 5.13. The van der Waals surface area contributed by atoms with Crippen LogP contribution in [0.3, 0.4) is 0 Å². The number of ether oxygens (including phenoxy) is 2. The first kappa shape index (κ1) is 12.4. The number of hydrogen-bond acceptors (Lipinski definition) is 5. The van der Waals surface area contributed by atoms with Crippen LogP contribution in [0.25, 0.3) is 0 Å². The Labute approximate surface area is 88.9 Å². The predicted octanol–water partition coefficient (Wildman–Crippen LogP) is -0.244. The van der Waals surface area contributed by atoms with Crippen molar-refractivity contribution in [1.82, 2.24) is 0 Å². The Balaban J connectivity index is 2.37. The van der Waals surface area contributed by atoms with Gasteiger partial charge in [-0.3, -0.25) is 0 Å². The smallest absolute Gasteiger partial charge is 0.228 e. The van der Waals surface area contributed by atoms with Gasteiger partial charge in [0.1, 0.15) is 18.3 Å². The minimum Gasteiger partial charge on any atom is -0.470 e. The highest BCUT2D eigenvalue weighted by Crippen LogP contribution is 2.22.